The minimum atomic E-state index is 0.889. The minimum absolute atomic E-state index is 0.889. The van der Waals surface area contributed by atoms with Gasteiger partial charge >= 0.3 is 0 Å². The van der Waals surface area contributed by atoms with Gasteiger partial charge in [-0.05, 0) is 29.5 Å². The zero-order chi connectivity index (χ0) is 21.5. The van der Waals surface area contributed by atoms with Crippen LogP contribution in [0.15, 0.2) is 66.7 Å². The molecule has 3 aromatic heterocycles. The molecule has 1 saturated heterocycles. The quantitative estimate of drug-likeness (QED) is 0.406. The van der Waals surface area contributed by atoms with Crippen molar-refractivity contribution in [3.63, 3.8) is 0 Å². The van der Waals surface area contributed by atoms with Gasteiger partial charge in [0.1, 0.15) is 15.0 Å². The van der Waals surface area contributed by atoms with Crippen molar-refractivity contribution in [2.45, 2.75) is 0 Å². The van der Waals surface area contributed by atoms with E-state index in [-0.39, 0.29) is 0 Å². The smallest absolute Gasteiger partial charge is 0.172 e. The number of rotatable bonds is 3. The molecule has 2 aromatic carbocycles. The van der Waals surface area contributed by atoms with Crippen LogP contribution in [0, 0.1) is 0 Å². The number of benzene rings is 2. The van der Waals surface area contributed by atoms with Crippen LogP contribution in [0.3, 0.4) is 0 Å². The summed E-state index contributed by atoms with van der Waals surface area (Å²) >= 11 is 1.67. The maximum Gasteiger partial charge on any atom is 0.172 e. The van der Waals surface area contributed by atoms with E-state index in [0.717, 1.165) is 74.8 Å². The van der Waals surface area contributed by atoms with Gasteiger partial charge in [0.15, 0.2) is 5.82 Å². The molecule has 0 aliphatic carbocycles. The van der Waals surface area contributed by atoms with Crippen molar-refractivity contribution < 1.29 is 0 Å². The Kier molecular flexibility index (Phi) is 4.78. The molecule has 1 aliphatic heterocycles. The fourth-order valence-electron chi connectivity index (χ4n) is 4.31. The first-order chi connectivity index (χ1) is 15.8. The fraction of sp³-hybridized carbons (Fsp3) is 0.200. The van der Waals surface area contributed by atoms with Gasteiger partial charge in [0.2, 0.25) is 0 Å². The lowest BCUT2D eigenvalue weighted by atomic mass is 10.00. The number of aromatic nitrogens is 4. The second-order valence-electron chi connectivity index (χ2n) is 8.15. The molecule has 0 unspecified atom stereocenters. The lowest BCUT2D eigenvalue weighted by molar-refractivity contribution is 0.312. The van der Waals surface area contributed by atoms with E-state index in [2.05, 4.69) is 86.9 Å². The van der Waals surface area contributed by atoms with Crippen LogP contribution < -0.4 is 4.90 Å². The highest BCUT2D eigenvalue weighted by molar-refractivity contribution is 7.26. The summed E-state index contributed by atoms with van der Waals surface area (Å²) < 4.78 is 1.06. The van der Waals surface area contributed by atoms with Crippen LogP contribution >= 0.6 is 11.3 Å². The minimum Gasteiger partial charge on any atom is -0.351 e. The molecule has 32 heavy (non-hydrogen) atoms. The van der Waals surface area contributed by atoms with Crippen LogP contribution in [0.25, 0.3) is 42.8 Å². The molecule has 0 radical (unpaired) electrons. The average molecular weight is 439 g/mol. The Hall–Kier alpha value is -3.42. The molecular formula is C25H22N6S. The maximum atomic E-state index is 5.06. The highest BCUT2D eigenvalue weighted by Crippen LogP contribution is 2.42. The molecule has 1 fully saturated rings. The summed E-state index contributed by atoms with van der Waals surface area (Å²) in [5.41, 5.74) is 5.24. The Balaban J connectivity index is 1.61. The largest absolute Gasteiger partial charge is 0.351 e. The van der Waals surface area contributed by atoms with Crippen LogP contribution in [-0.2, 0) is 0 Å². The fourth-order valence-corrected chi connectivity index (χ4v) is 5.46. The molecule has 0 saturated carbocycles. The standard InChI is InChI=1S/C25H22N6S/c1-30-12-14-31(15-13-30)24-23-22(27-29-28-24)21-19(17-8-4-2-5-9-17)16-20(26-25(21)32-23)18-10-6-3-7-11-18/h2-11,16H,12-15H2,1H3. The van der Waals surface area contributed by atoms with Crippen LogP contribution in [-0.4, -0.2) is 58.5 Å². The number of anilines is 1. The number of fused-ring (bicyclic) bond motifs is 3. The molecule has 0 amide bonds. The zero-order valence-electron chi connectivity index (χ0n) is 17.8. The van der Waals surface area contributed by atoms with Gasteiger partial charge in [0.05, 0.1) is 5.69 Å². The van der Waals surface area contributed by atoms with Crippen molar-refractivity contribution in [3.05, 3.63) is 66.7 Å². The maximum absolute atomic E-state index is 5.06. The molecule has 0 spiro atoms. The van der Waals surface area contributed by atoms with Gasteiger partial charge in [0.25, 0.3) is 0 Å². The highest BCUT2D eigenvalue weighted by Gasteiger charge is 2.23. The molecular weight excluding hydrogens is 416 g/mol. The third-order valence-corrected chi connectivity index (χ3v) is 7.15. The summed E-state index contributed by atoms with van der Waals surface area (Å²) in [6.45, 7) is 3.91. The lowest BCUT2D eigenvalue weighted by Crippen LogP contribution is -2.44. The molecule has 0 atom stereocenters. The molecule has 6 nitrogen and oxygen atoms in total. The molecule has 0 bridgehead atoms. The van der Waals surface area contributed by atoms with Gasteiger partial charge in [-0.2, -0.15) is 0 Å². The van der Waals surface area contributed by atoms with E-state index in [1.165, 1.54) is 0 Å². The predicted molar refractivity (Wildman–Crippen MR) is 131 cm³/mol. The average Bonchev–Trinajstić information content (AvgIpc) is 3.24. The summed E-state index contributed by atoms with van der Waals surface area (Å²) in [6, 6.07) is 23.0. The van der Waals surface area contributed by atoms with E-state index in [1.54, 1.807) is 11.3 Å². The van der Waals surface area contributed by atoms with Gasteiger partial charge in [-0.15, -0.1) is 21.5 Å². The third kappa shape index (κ3) is 3.30. The van der Waals surface area contributed by atoms with Gasteiger partial charge in [-0.1, -0.05) is 60.7 Å². The molecule has 158 valence electrons. The summed E-state index contributed by atoms with van der Waals surface area (Å²) in [6.07, 6.45) is 0. The van der Waals surface area contributed by atoms with Crippen molar-refractivity contribution in [2.24, 2.45) is 0 Å². The Morgan fingerprint density at radius 2 is 1.50 bits per heavy atom. The number of piperazine rings is 1. The van der Waals surface area contributed by atoms with Crippen LogP contribution in [0.4, 0.5) is 5.82 Å². The molecule has 5 aromatic rings. The molecule has 7 heteroatoms. The van der Waals surface area contributed by atoms with E-state index in [1.807, 2.05) is 12.1 Å². The van der Waals surface area contributed by atoms with Gasteiger partial charge in [0, 0.05) is 37.1 Å². The monoisotopic (exact) mass is 438 g/mol. The molecule has 0 N–H and O–H groups in total. The summed E-state index contributed by atoms with van der Waals surface area (Å²) in [4.78, 5) is 10.7. The molecule has 6 rings (SSSR count). The summed E-state index contributed by atoms with van der Waals surface area (Å²) in [5.74, 6) is 0.923. The van der Waals surface area contributed by atoms with E-state index in [0.29, 0.717) is 0 Å². The second kappa shape index (κ2) is 7.93. The SMILES string of the molecule is CN1CCN(c2nnnc3c2sc2nc(-c4ccccc4)cc(-c4ccccc4)c23)CC1. The number of likely N-dealkylation sites (N-methyl/N-ethyl adjacent to an activating group) is 1. The van der Waals surface area contributed by atoms with E-state index in [9.17, 15) is 0 Å². The lowest BCUT2D eigenvalue weighted by Gasteiger charge is -2.32. The number of hydrogen-bond acceptors (Lipinski definition) is 7. The summed E-state index contributed by atoms with van der Waals surface area (Å²) in [5, 5.41) is 14.2. The van der Waals surface area contributed by atoms with Crippen molar-refractivity contribution in [3.8, 4) is 22.4 Å². The molecule has 1 aliphatic rings. The van der Waals surface area contributed by atoms with Gasteiger partial charge in [-0.3, -0.25) is 0 Å². The van der Waals surface area contributed by atoms with E-state index < -0.39 is 0 Å². The number of nitrogens with zero attached hydrogens (tertiary/aromatic N) is 6. The number of hydrogen-bond donors (Lipinski definition) is 0. The normalized spacial score (nSPS) is 15.0. The Morgan fingerprint density at radius 1 is 0.812 bits per heavy atom. The topological polar surface area (TPSA) is 58.0 Å². The zero-order valence-corrected chi connectivity index (χ0v) is 18.6. The third-order valence-electron chi connectivity index (χ3n) is 6.08. The summed E-state index contributed by atoms with van der Waals surface area (Å²) in [7, 11) is 2.16. The van der Waals surface area contributed by atoms with Crippen molar-refractivity contribution in [2.75, 3.05) is 38.1 Å². The Bertz CT molecular complexity index is 1390. The number of thiophene rings is 1. The van der Waals surface area contributed by atoms with Crippen molar-refractivity contribution in [1.82, 2.24) is 25.3 Å². The van der Waals surface area contributed by atoms with Crippen LogP contribution in [0.2, 0.25) is 0 Å². The number of pyridine rings is 1. The first-order valence-corrected chi connectivity index (χ1v) is 11.6. The van der Waals surface area contributed by atoms with Gasteiger partial charge in [-0.25, -0.2) is 4.98 Å². The Morgan fingerprint density at radius 3 is 2.22 bits per heavy atom. The van der Waals surface area contributed by atoms with Crippen LogP contribution in [0.1, 0.15) is 0 Å². The predicted octanol–water partition coefficient (Wildman–Crippen LogP) is 4.72. The van der Waals surface area contributed by atoms with Crippen LogP contribution in [0.5, 0.6) is 0 Å². The molecule has 4 heterocycles. The second-order valence-corrected chi connectivity index (χ2v) is 9.15. The van der Waals surface area contributed by atoms with Gasteiger partial charge < -0.3 is 9.80 Å². The Labute approximate surface area is 190 Å². The first-order valence-electron chi connectivity index (χ1n) is 10.8. The van der Waals surface area contributed by atoms with Crippen molar-refractivity contribution >= 4 is 37.6 Å². The highest BCUT2D eigenvalue weighted by atomic mass is 32.1. The first kappa shape index (κ1) is 19.3. The van der Waals surface area contributed by atoms with E-state index >= 15 is 0 Å². The van der Waals surface area contributed by atoms with Crippen molar-refractivity contribution in [1.29, 1.82) is 0 Å². The van der Waals surface area contributed by atoms with E-state index in [4.69, 9.17) is 4.98 Å².